The van der Waals surface area contributed by atoms with Crippen LogP contribution in [0.2, 0.25) is 0 Å². The van der Waals surface area contributed by atoms with Gasteiger partial charge in [0.05, 0.1) is 0 Å². The normalized spacial score (nSPS) is 18.9. The topological polar surface area (TPSA) is 117 Å². The van der Waals surface area contributed by atoms with Crippen LogP contribution in [-0.4, -0.2) is 51.7 Å². The van der Waals surface area contributed by atoms with Crippen molar-refractivity contribution in [2.24, 2.45) is 11.7 Å². The zero-order valence-corrected chi connectivity index (χ0v) is 11.6. The average molecular weight is 280 g/mol. The first-order chi connectivity index (χ1) is 9.60. The zero-order valence-electron chi connectivity index (χ0n) is 11.6. The standard InChI is InChI=1S/C12H20N6O2/c1-2-9-15-10(17-16-9)11(19)18-5-3-4-8(7-18)6-14-12(13)20/h8H,2-7H2,1H3,(H3,13,14,20)(H,15,16,17). The maximum atomic E-state index is 12.3. The van der Waals surface area contributed by atoms with Crippen LogP contribution in [0.15, 0.2) is 0 Å². The number of primary amides is 1. The van der Waals surface area contributed by atoms with Gasteiger partial charge in [-0.15, -0.1) is 5.10 Å². The smallest absolute Gasteiger partial charge is 0.312 e. The molecule has 1 aliphatic rings. The van der Waals surface area contributed by atoms with Crippen molar-refractivity contribution in [2.75, 3.05) is 19.6 Å². The summed E-state index contributed by atoms with van der Waals surface area (Å²) in [5.74, 6) is 0.983. The molecular formula is C12H20N6O2. The summed E-state index contributed by atoms with van der Waals surface area (Å²) in [5, 5.41) is 9.28. The minimum Gasteiger partial charge on any atom is -0.352 e. The number of hydrogen-bond donors (Lipinski definition) is 3. The van der Waals surface area contributed by atoms with E-state index in [1.807, 2.05) is 6.92 Å². The van der Waals surface area contributed by atoms with Gasteiger partial charge in [-0.25, -0.2) is 9.78 Å². The zero-order chi connectivity index (χ0) is 14.5. The molecule has 1 unspecified atom stereocenters. The molecule has 110 valence electrons. The van der Waals surface area contributed by atoms with Gasteiger partial charge in [0.2, 0.25) is 5.82 Å². The van der Waals surface area contributed by atoms with Crippen molar-refractivity contribution >= 4 is 11.9 Å². The molecule has 2 heterocycles. The molecule has 0 radical (unpaired) electrons. The van der Waals surface area contributed by atoms with E-state index in [0.29, 0.717) is 31.9 Å². The quantitative estimate of drug-likeness (QED) is 0.713. The number of carbonyl (C=O) groups is 2. The predicted octanol–water partition coefficient (Wildman–Crippen LogP) is -0.112. The molecule has 1 atom stereocenters. The monoisotopic (exact) mass is 280 g/mol. The average Bonchev–Trinajstić information content (AvgIpc) is 2.93. The minimum absolute atomic E-state index is 0.162. The van der Waals surface area contributed by atoms with Crippen LogP contribution >= 0.6 is 0 Å². The Hall–Kier alpha value is -2.12. The number of urea groups is 1. The summed E-state index contributed by atoms with van der Waals surface area (Å²) >= 11 is 0. The van der Waals surface area contributed by atoms with Crippen molar-refractivity contribution in [1.82, 2.24) is 25.4 Å². The van der Waals surface area contributed by atoms with Crippen molar-refractivity contribution in [1.29, 1.82) is 0 Å². The Kier molecular flexibility index (Phi) is 4.54. The van der Waals surface area contributed by atoms with Crippen molar-refractivity contribution < 1.29 is 9.59 Å². The van der Waals surface area contributed by atoms with Gasteiger partial charge in [0.15, 0.2) is 0 Å². The summed E-state index contributed by atoms with van der Waals surface area (Å²) in [6.07, 6.45) is 2.59. The molecule has 0 bridgehead atoms. The number of nitrogens with zero attached hydrogens (tertiary/aromatic N) is 3. The molecule has 0 saturated carbocycles. The highest BCUT2D eigenvalue weighted by Gasteiger charge is 2.26. The van der Waals surface area contributed by atoms with Gasteiger partial charge >= 0.3 is 6.03 Å². The Morgan fingerprint density at radius 1 is 1.55 bits per heavy atom. The molecule has 20 heavy (non-hydrogen) atoms. The lowest BCUT2D eigenvalue weighted by Crippen LogP contribution is -2.44. The van der Waals surface area contributed by atoms with Crippen molar-refractivity contribution in [2.45, 2.75) is 26.2 Å². The first-order valence-corrected chi connectivity index (χ1v) is 6.84. The van der Waals surface area contributed by atoms with Crippen LogP contribution in [0.1, 0.15) is 36.2 Å². The second kappa shape index (κ2) is 6.36. The van der Waals surface area contributed by atoms with E-state index in [-0.39, 0.29) is 17.6 Å². The van der Waals surface area contributed by atoms with E-state index in [1.54, 1.807) is 4.90 Å². The molecule has 0 aliphatic carbocycles. The molecule has 0 aromatic carbocycles. The van der Waals surface area contributed by atoms with Crippen LogP contribution in [0.4, 0.5) is 4.79 Å². The number of piperidine rings is 1. The van der Waals surface area contributed by atoms with E-state index in [4.69, 9.17) is 5.73 Å². The molecular weight excluding hydrogens is 260 g/mol. The van der Waals surface area contributed by atoms with E-state index in [0.717, 1.165) is 12.8 Å². The van der Waals surface area contributed by atoms with E-state index in [9.17, 15) is 9.59 Å². The molecule has 8 nitrogen and oxygen atoms in total. The molecule has 1 aromatic rings. The Bertz CT molecular complexity index is 486. The van der Waals surface area contributed by atoms with Gasteiger partial charge in [-0.05, 0) is 18.8 Å². The van der Waals surface area contributed by atoms with Crippen LogP contribution in [0.25, 0.3) is 0 Å². The molecule has 1 saturated heterocycles. The number of nitrogens with one attached hydrogen (secondary N) is 2. The fourth-order valence-corrected chi connectivity index (χ4v) is 2.35. The summed E-state index contributed by atoms with van der Waals surface area (Å²) in [6.45, 7) is 3.73. The first kappa shape index (κ1) is 14.3. The van der Waals surface area contributed by atoms with E-state index in [1.165, 1.54) is 0 Å². The van der Waals surface area contributed by atoms with Crippen LogP contribution in [0.3, 0.4) is 0 Å². The summed E-state index contributed by atoms with van der Waals surface area (Å²) in [5.41, 5.74) is 5.06. The van der Waals surface area contributed by atoms with Crippen molar-refractivity contribution in [3.05, 3.63) is 11.6 Å². The summed E-state index contributed by atoms with van der Waals surface area (Å²) in [4.78, 5) is 28.9. The largest absolute Gasteiger partial charge is 0.352 e. The van der Waals surface area contributed by atoms with Gasteiger partial charge < -0.3 is 16.0 Å². The number of nitrogens with two attached hydrogens (primary N) is 1. The number of carbonyl (C=O) groups excluding carboxylic acids is 2. The van der Waals surface area contributed by atoms with E-state index >= 15 is 0 Å². The molecule has 2 rings (SSSR count). The lowest BCUT2D eigenvalue weighted by molar-refractivity contribution is 0.0663. The summed E-state index contributed by atoms with van der Waals surface area (Å²) < 4.78 is 0. The Labute approximate surface area is 117 Å². The third-order valence-corrected chi connectivity index (χ3v) is 3.43. The Morgan fingerprint density at radius 2 is 2.35 bits per heavy atom. The number of aryl methyl sites for hydroxylation is 1. The number of amides is 3. The van der Waals surface area contributed by atoms with Crippen LogP contribution < -0.4 is 11.1 Å². The lowest BCUT2D eigenvalue weighted by Gasteiger charge is -2.32. The van der Waals surface area contributed by atoms with Gasteiger partial charge in [-0.1, -0.05) is 6.92 Å². The van der Waals surface area contributed by atoms with Gasteiger partial charge in [-0.2, -0.15) is 0 Å². The minimum atomic E-state index is -0.532. The fourth-order valence-electron chi connectivity index (χ4n) is 2.35. The van der Waals surface area contributed by atoms with Gasteiger partial charge in [0, 0.05) is 26.1 Å². The third kappa shape index (κ3) is 3.46. The van der Waals surface area contributed by atoms with E-state index < -0.39 is 6.03 Å². The van der Waals surface area contributed by atoms with Crippen LogP contribution in [0.5, 0.6) is 0 Å². The first-order valence-electron chi connectivity index (χ1n) is 6.84. The maximum Gasteiger partial charge on any atom is 0.312 e. The van der Waals surface area contributed by atoms with Crippen molar-refractivity contribution in [3.8, 4) is 0 Å². The molecule has 1 aromatic heterocycles. The number of rotatable bonds is 4. The highest BCUT2D eigenvalue weighted by atomic mass is 16.2. The predicted molar refractivity (Wildman–Crippen MR) is 72.0 cm³/mol. The number of aromatic nitrogens is 3. The van der Waals surface area contributed by atoms with Crippen LogP contribution in [-0.2, 0) is 6.42 Å². The molecule has 4 N–H and O–H groups in total. The highest BCUT2D eigenvalue weighted by molar-refractivity contribution is 5.90. The van der Waals surface area contributed by atoms with Gasteiger partial charge in [-0.3, -0.25) is 9.89 Å². The van der Waals surface area contributed by atoms with Gasteiger partial charge in [0.25, 0.3) is 5.91 Å². The summed E-state index contributed by atoms with van der Waals surface area (Å²) in [7, 11) is 0. The van der Waals surface area contributed by atoms with Crippen LogP contribution in [0, 0.1) is 5.92 Å². The second-order valence-corrected chi connectivity index (χ2v) is 4.96. The number of likely N-dealkylation sites (tertiary alicyclic amines) is 1. The molecule has 8 heteroatoms. The SMILES string of the molecule is CCc1nc(C(=O)N2CCCC(CNC(N)=O)C2)n[nH]1. The third-order valence-electron chi connectivity index (χ3n) is 3.43. The molecule has 0 spiro atoms. The fraction of sp³-hybridized carbons (Fsp3) is 0.667. The Balaban J connectivity index is 1.94. The maximum absolute atomic E-state index is 12.3. The van der Waals surface area contributed by atoms with Gasteiger partial charge in [0.1, 0.15) is 5.82 Å². The van der Waals surface area contributed by atoms with Crippen molar-refractivity contribution in [3.63, 3.8) is 0 Å². The lowest BCUT2D eigenvalue weighted by atomic mass is 9.98. The summed E-state index contributed by atoms with van der Waals surface area (Å²) in [6, 6.07) is -0.532. The highest BCUT2D eigenvalue weighted by Crippen LogP contribution is 2.17. The number of aromatic amines is 1. The molecule has 1 fully saturated rings. The molecule has 1 aliphatic heterocycles. The second-order valence-electron chi connectivity index (χ2n) is 4.96. The number of hydrogen-bond acceptors (Lipinski definition) is 4. The van der Waals surface area contributed by atoms with E-state index in [2.05, 4.69) is 20.5 Å². The number of H-pyrrole nitrogens is 1. The Morgan fingerprint density at radius 3 is 3.00 bits per heavy atom. The molecule has 3 amide bonds.